The van der Waals surface area contributed by atoms with Gasteiger partial charge >= 0.3 is 0 Å². The second kappa shape index (κ2) is 7.59. The van der Waals surface area contributed by atoms with Crippen LogP contribution in [0.25, 0.3) is 0 Å². The van der Waals surface area contributed by atoms with Gasteiger partial charge in [-0.05, 0) is 62.3 Å². The molecule has 5 rings (SSSR count). The topological polar surface area (TPSA) is 24.3 Å². The van der Waals surface area contributed by atoms with Crippen LogP contribution in [0.2, 0.25) is 0 Å². The van der Waals surface area contributed by atoms with Crippen LogP contribution in [0.4, 0.5) is 11.5 Å². The molecule has 0 saturated carbocycles. The summed E-state index contributed by atoms with van der Waals surface area (Å²) < 4.78 is 2.14. The third-order valence-electron chi connectivity index (χ3n) is 6.81. The first-order valence-electron chi connectivity index (χ1n) is 11.2. The Morgan fingerprint density at radius 3 is 2.43 bits per heavy atom. The van der Waals surface area contributed by atoms with Crippen molar-refractivity contribution in [3.8, 4) is 0 Å². The standard InChI is InChI=1S/C26H32N4/c1-18-14-19(2)25(20(3)15-18)30-12-7-10-23-24(28(4)27-26(23)30)17-29-13-11-21-8-5-6-9-22(21)16-29/h5-6,8-9,14-15H,7,10-13,16-17H2,1-4H3. The van der Waals surface area contributed by atoms with Crippen molar-refractivity contribution in [2.45, 2.75) is 53.1 Å². The normalized spacial score (nSPS) is 16.5. The van der Waals surface area contributed by atoms with Crippen LogP contribution in [0.5, 0.6) is 0 Å². The van der Waals surface area contributed by atoms with Crippen molar-refractivity contribution in [2.24, 2.45) is 7.05 Å². The van der Waals surface area contributed by atoms with Gasteiger partial charge in [0.25, 0.3) is 0 Å². The predicted molar refractivity (Wildman–Crippen MR) is 123 cm³/mol. The van der Waals surface area contributed by atoms with Gasteiger partial charge < -0.3 is 4.90 Å². The van der Waals surface area contributed by atoms with E-state index in [1.54, 1.807) is 0 Å². The highest BCUT2D eigenvalue weighted by atomic mass is 15.4. The molecular weight excluding hydrogens is 368 g/mol. The zero-order valence-electron chi connectivity index (χ0n) is 18.7. The summed E-state index contributed by atoms with van der Waals surface area (Å²) >= 11 is 0. The second-order valence-corrected chi connectivity index (χ2v) is 9.10. The summed E-state index contributed by atoms with van der Waals surface area (Å²) in [6, 6.07) is 13.5. The van der Waals surface area contributed by atoms with Crippen LogP contribution < -0.4 is 4.90 Å². The lowest BCUT2D eigenvalue weighted by Gasteiger charge is -2.32. The van der Waals surface area contributed by atoms with Crippen LogP contribution in [-0.4, -0.2) is 27.8 Å². The summed E-state index contributed by atoms with van der Waals surface area (Å²) in [5.74, 6) is 1.17. The zero-order valence-corrected chi connectivity index (χ0v) is 18.7. The average molecular weight is 401 g/mol. The van der Waals surface area contributed by atoms with E-state index in [1.807, 2.05) is 0 Å². The first-order chi connectivity index (χ1) is 14.5. The fraction of sp³-hybridized carbons (Fsp3) is 0.423. The van der Waals surface area contributed by atoms with E-state index in [4.69, 9.17) is 5.10 Å². The molecule has 3 aromatic rings. The molecule has 0 aliphatic carbocycles. The average Bonchev–Trinajstić information content (AvgIpc) is 3.03. The van der Waals surface area contributed by atoms with Gasteiger partial charge in [0.1, 0.15) is 0 Å². The summed E-state index contributed by atoms with van der Waals surface area (Å²) in [6.45, 7) is 10.8. The van der Waals surface area contributed by atoms with Crippen LogP contribution >= 0.6 is 0 Å². The van der Waals surface area contributed by atoms with E-state index in [-0.39, 0.29) is 0 Å². The summed E-state index contributed by atoms with van der Waals surface area (Å²) in [5, 5.41) is 5.04. The lowest BCUT2D eigenvalue weighted by atomic mass is 9.98. The SMILES string of the molecule is Cc1cc(C)c(N2CCCc3c2nn(C)c3CN2CCc3ccccc3C2)c(C)c1. The Morgan fingerprint density at radius 1 is 0.933 bits per heavy atom. The third kappa shape index (κ3) is 3.33. The molecule has 156 valence electrons. The van der Waals surface area contributed by atoms with E-state index >= 15 is 0 Å². The number of nitrogens with zero attached hydrogens (tertiary/aromatic N) is 4. The number of anilines is 2. The quantitative estimate of drug-likeness (QED) is 0.619. The Balaban J connectivity index is 1.46. The molecule has 0 bridgehead atoms. The molecule has 0 atom stereocenters. The summed E-state index contributed by atoms with van der Waals surface area (Å²) in [6.07, 6.45) is 3.45. The van der Waals surface area contributed by atoms with Gasteiger partial charge in [-0.25, -0.2) is 0 Å². The molecule has 0 radical (unpaired) electrons. The van der Waals surface area contributed by atoms with Crippen molar-refractivity contribution >= 4 is 11.5 Å². The molecule has 0 N–H and O–H groups in total. The predicted octanol–water partition coefficient (Wildman–Crippen LogP) is 4.99. The molecule has 0 saturated heterocycles. The van der Waals surface area contributed by atoms with E-state index < -0.39 is 0 Å². The Hall–Kier alpha value is -2.59. The van der Waals surface area contributed by atoms with Crippen molar-refractivity contribution in [3.63, 3.8) is 0 Å². The minimum Gasteiger partial charge on any atom is -0.324 e. The van der Waals surface area contributed by atoms with Crippen LogP contribution in [0.1, 0.15) is 45.5 Å². The van der Waals surface area contributed by atoms with Crippen molar-refractivity contribution in [1.29, 1.82) is 0 Å². The molecule has 4 nitrogen and oxygen atoms in total. The maximum absolute atomic E-state index is 5.04. The molecule has 2 aromatic carbocycles. The minimum absolute atomic E-state index is 0.979. The van der Waals surface area contributed by atoms with Crippen molar-refractivity contribution < 1.29 is 0 Å². The van der Waals surface area contributed by atoms with E-state index in [1.165, 1.54) is 57.0 Å². The summed E-state index contributed by atoms with van der Waals surface area (Å²) in [5.41, 5.74) is 11.2. The molecule has 0 fully saturated rings. The first-order valence-corrected chi connectivity index (χ1v) is 11.2. The lowest BCUT2D eigenvalue weighted by Crippen LogP contribution is -2.31. The van der Waals surface area contributed by atoms with Gasteiger partial charge in [-0.3, -0.25) is 9.58 Å². The largest absolute Gasteiger partial charge is 0.324 e. The molecule has 2 aliphatic heterocycles. The van der Waals surface area contributed by atoms with Crippen LogP contribution in [0, 0.1) is 20.8 Å². The second-order valence-electron chi connectivity index (χ2n) is 9.10. The Labute approximate surface area is 180 Å². The fourth-order valence-corrected chi connectivity index (χ4v) is 5.49. The molecule has 30 heavy (non-hydrogen) atoms. The van der Waals surface area contributed by atoms with Crippen LogP contribution in [0.15, 0.2) is 36.4 Å². The molecule has 2 aliphatic rings. The summed E-state index contributed by atoms with van der Waals surface area (Å²) in [7, 11) is 2.12. The Kier molecular flexibility index (Phi) is 4.90. The number of fused-ring (bicyclic) bond motifs is 2. The molecule has 0 amide bonds. The van der Waals surface area contributed by atoms with E-state index in [9.17, 15) is 0 Å². The van der Waals surface area contributed by atoms with Gasteiger partial charge in [-0.1, -0.05) is 42.0 Å². The lowest BCUT2D eigenvalue weighted by molar-refractivity contribution is 0.238. The highest BCUT2D eigenvalue weighted by Crippen LogP contribution is 2.38. The molecule has 1 aromatic heterocycles. The van der Waals surface area contributed by atoms with Gasteiger partial charge in [-0.15, -0.1) is 0 Å². The molecule has 4 heteroatoms. The summed E-state index contributed by atoms with van der Waals surface area (Å²) in [4.78, 5) is 5.05. The van der Waals surface area contributed by atoms with Gasteiger partial charge in [0, 0.05) is 44.5 Å². The zero-order chi connectivity index (χ0) is 20.8. The highest BCUT2D eigenvalue weighted by molar-refractivity contribution is 5.71. The van der Waals surface area contributed by atoms with Gasteiger partial charge in [0.2, 0.25) is 0 Å². The Morgan fingerprint density at radius 2 is 1.67 bits per heavy atom. The van der Waals surface area contributed by atoms with Crippen molar-refractivity contribution in [1.82, 2.24) is 14.7 Å². The van der Waals surface area contributed by atoms with Crippen molar-refractivity contribution in [2.75, 3.05) is 18.0 Å². The van der Waals surface area contributed by atoms with E-state index in [0.29, 0.717) is 0 Å². The van der Waals surface area contributed by atoms with Gasteiger partial charge in [0.05, 0.1) is 5.69 Å². The van der Waals surface area contributed by atoms with Gasteiger partial charge in [0.15, 0.2) is 5.82 Å². The number of hydrogen-bond acceptors (Lipinski definition) is 3. The first kappa shape index (κ1) is 19.4. The number of aromatic nitrogens is 2. The third-order valence-corrected chi connectivity index (χ3v) is 6.81. The molecule has 3 heterocycles. The molecular formula is C26H32N4. The minimum atomic E-state index is 0.979. The smallest absolute Gasteiger partial charge is 0.158 e. The Bertz CT molecular complexity index is 1070. The highest BCUT2D eigenvalue weighted by Gasteiger charge is 2.29. The monoisotopic (exact) mass is 400 g/mol. The number of hydrogen-bond donors (Lipinski definition) is 0. The molecule has 0 unspecified atom stereocenters. The number of benzene rings is 2. The number of rotatable bonds is 3. The number of aryl methyl sites for hydroxylation is 4. The van der Waals surface area contributed by atoms with Crippen LogP contribution in [0.3, 0.4) is 0 Å². The maximum Gasteiger partial charge on any atom is 0.158 e. The van der Waals surface area contributed by atoms with Crippen molar-refractivity contribution in [3.05, 3.63) is 75.5 Å². The fourth-order valence-electron chi connectivity index (χ4n) is 5.49. The van der Waals surface area contributed by atoms with Gasteiger partial charge in [-0.2, -0.15) is 5.10 Å². The molecule has 0 spiro atoms. The van der Waals surface area contributed by atoms with E-state index in [2.05, 4.69) is 78.7 Å². The van der Waals surface area contributed by atoms with Crippen LogP contribution in [-0.2, 0) is 33.0 Å². The maximum atomic E-state index is 5.04. The van der Waals surface area contributed by atoms with E-state index in [0.717, 1.165) is 39.0 Å².